The van der Waals surface area contributed by atoms with E-state index in [1.54, 1.807) is 0 Å². The van der Waals surface area contributed by atoms with Gasteiger partial charge in [0.15, 0.2) is 0 Å². The first-order chi connectivity index (χ1) is 16.5. The SMILES string of the molecule is CCNc1cc(C(=O)OC)cc(-n2c(C)ccc2-c2cc(Br)ccc2OCc2ccccc2)c1. The van der Waals surface area contributed by atoms with E-state index in [4.69, 9.17) is 9.47 Å². The van der Waals surface area contributed by atoms with Gasteiger partial charge in [-0.3, -0.25) is 0 Å². The number of halogens is 1. The lowest BCUT2D eigenvalue weighted by atomic mass is 10.1. The van der Waals surface area contributed by atoms with Crippen LogP contribution in [-0.4, -0.2) is 24.2 Å². The number of ether oxygens (including phenoxy) is 2. The van der Waals surface area contributed by atoms with Crippen LogP contribution in [0.1, 0.15) is 28.5 Å². The molecule has 4 aromatic rings. The predicted molar refractivity (Wildman–Crippen MR) is 140 cm³/mol. The average Bonchev–Trinajstić information content (AvgIpc) is 3.24. The minimum Gasteiger partial charge on any atom is -0.488 e. The topological polar surface area (TPSA) is 52.5 Å². The van der Waals surface area contributed by atoms with Crippen LogP contribution in [0.4, 0.5) is 5.69 Å². The van der Waals surface area contributed by atoms with E-state index in [2.05, 4.69) is 44.0 Å². The summed E-state index contributed by atoms with van der Waals surface area (Å²) in [5.74, 6) is 0.407. The lowest BCUT2D eigenvalue weighted by molar-refractivity contribution is 0.0600. The van der Waals surface area contributed by atoms with Crippen molar-refractivity contribution < 1.29 is 14.3 Å². The van der Waals surface area contributed by atoms with Crippen molar-refractivity contribution in [2.45, 2.75) is 20.5 Å². The Morgan fingerprint density at radius 2 is 1.79 bits per heavy atom. The Balaban J connectivity index is 1.80. The van der Waals surface area contributed by atoms with Crippen LogP contribution in [0.25, 0.3) is 16.9 Å². The Morgan fingerprint density at radius 1 is 1.00 bits per heavy atom. The monoisotopic (exact) mass is 518 g/mol. The number of aryl methyl sites for hydroxylation is 1. The first-order valence-electron chi connectivity index (χ1n) is 11.1. The second-order valence-electron chi connectivity index (χ2n) is 7.90. The van der Waals surface area contributed by atoms with Crippen LogP contribution < -0.4 is 10.1 Å². The van der Waals surface area contributed by atoms with Gasteiger partial charge in [-0.15, -0.1) is 0 Å². The molecule has 1 heterocycles. The maximum atomic E-state index is 12.4. The lowest BCUT2D eigenvalue weighted by Crippen LogP contribution is -2.08. The van der Waals surface area contributed by atoms with Crippen LogP contribution in [0.3, 0.4) is 0 Å². The molecule has 1 N–H and O–H groups in total. The molecule has 0 saturated carbocycles. The van der Waals surface area contributed by atoms with Gasteiger partial charge in [-0.1, -0.05) is 46.3 Å². The molecule has 174 valence electrons. The fraction of sp³-hybridized carbons (Fsp3) is 0.179. The fourth-order valence-corrected chi connectivity index (χ4v) is 4.30. The van der Waals surface area contributed by atoms with Crippen molar-refractivity contribution in [1.82, 2.24) is 4.57 Å². The number of anilines is 1. The Morgan fingerprint density at radius 3 is 2.53 bits per heavy atom. The average molecular weight is 519 g/mol. The summed E-state index contributed by atoms with van der Waals surface area (Å²) in [5.41, 5.74) is 6.26. The van der Waals surface area contributed by atoms with Gasteiger partial charge < -0.3 is 19.4 Å². The number of esters is 1. The minimum atomic E-state index is -0.373. The van der Waals surface area contributed by atoms with Gasteiger partial charge in [-0.2, -0.15) is 0 Å². The highest BCUT2D eigenvalue weighted by Crippen LogP contribution is 2.36. The Labute approximate surface area is 208 Å². The summed E-state index contributed by atoms with van der Waals surface area (Å²) in [5, 5.41) is 3.31. The van der Waals surface area contributed by atoms with Crippen LogP contribution in [-0.2, 0) is 11.3 Å². The van der Waals surface area contributed by atoms with E-state index in [0.29, 0.717) is 12.2 Å². The maximum absolute atomic E-state index is 12.4. The Bertz CT molecular complexity index is 1300. The van der Waals surface area contributed by atoms with Crippen LogP contribution in [0.15, 0.2) is 83.3 Å². The molecule has 34 heavy (non-hydrogen) atoms. The summed E-state index contributed by atoms with van der Waals surface area (Å²) >= 11 is 3.61. The molecule has 5 nitrogen and oxygen atoms in total. The van der Waals surface area contributed by atoms with Crippen molar-refractivity contribution in [1.29, 1.82) is 0 Å². The van der Waals surface area contributed by atoms with E-state index >= 15 is 0 Å². The van der Waals surface area contributed by atoms with E-state index in [9.17, 15) is 4.79 Å². The van der Waals surface area contributed by atoms with E-state index in [1.807, 2.05) is 74.5 Å². The summed E-state index contributed by atoms with van der Waals surface area (Å²) in [6.45, 7) is 5.28. The largest absolute Gasteiger partial charge is 0.488 e. The van der Waals surface area contributed by atoms with Crippen LogP contribution in [0.2, 0.25) is 0 Å². The molecule has 0 spiro atoms. The van der Waals surface area contributed by atoms with Gasteiger partial charge >= 0.3 is 5.97 Å². The van der Waals surface area contributed by atoms with Gasteiger partial charge in [-0.25, -0.2) is 4.79 Å². The molecule has 6 heteroatoms. The Kier molecular flexibility index (Phi) is 7.38. The van der Waals surface area contributed by atoms with Crippen molar-refractivity contribution in [3.8, 4) is 22.7 Å². The molecule has 0 amide bonds. The standard InChI is InChI=1S/C28H27BrN2O3/c1-4-30-23-14-21(28(32)33-3)15-24(17-23)31-19(2)10-12-26(31)25-16-22(29)11-13-27(25)34-18-20-8-6-5-7-9-20/h5-17,30H,4,18H2,1-3H3. The molecular weight excluding hydrogens is 492 g/mol. The smallest absolute Gasteiger partial charge is 0.337 e. The zero-order chi connectivity index (χ0) is 24.1. The first-order valence-corrected chi connectivity index (χ1v) is 11.9. The summed E-state index contributed by atoms with van der Waals surface area (Å²) in [7, 11) is 1.39. The molecule has 0 atom stereocenters. The third-order valence-electron chi connectivity index (χ3n) is 5.51. The quantitative estimate of drug-likeness (QED) is 0.255. The van der Waals surface area contributed by atoms with E-state index in [1.165, 1.54) is 7.11 Å². The summed E-state index contributed by atoms with van der Waals surface area (Å²) < 4.78 is 14.3. The molecule has 0 fully saturated rings. The predicted octanol–water partition coefficient (Wildman–Crippen LogP) is 7.01. The summed E-state index contributed by atoms with van der Waals surface area (Å²) in [6.07, 6.45) is 0. The van der Waals surface area contributed by atoms with Gasteiger partial charge in [0, 0.05) is 33.6 Å². The van der Waals surface area contributed by atoms with E-state index < -0.39 is 0 Å². The molecule has 0 unspecified atom stereocenters. The van der Waals surface area contributed by atoms with Crippen molar-refractivity contribution >= 4 is 27.6 Å². The molecule has 0 bridgehead atoms. The third-order valence-corrected chi connectivity index (χ3v) is 6.00. The number of methoxy groups -OCH3 is 1. The summed E-state index contributed by atoms with van der Waals surface area (Å²) in [6, 6.07) is 25.9. The zero-order valence-electron chi connectivity index (χ0n) is 19.5. The molecule has 0 aliphatic rings. The van der Waals surface area contributed by atoms with Gasteiger partial charge in [0.05, 0.1) is 18.4 Å². The Hall–Kier alpha value is -3.51. The number of hydrogen-bond donors (Lipinski definition) is 1. The molecule has 0 saturated heterocycles. The fourth-order valence-electron chi connectivity index (χ4n) is 3.94. The number of hydrogen-bond acceptors (Lipinski definition) is 4. The first kappa shape index (κ1) is 23.6. The van der Waals surface area contributed by atoms with Gasteiger partial charge in [0.1, 0.15) is 12.4 Å². The minimum absolute atomic E-state index is 0.373. The normalized spacial score (nSPS) is 10.7. The molecule has 1 aromatic heterocycles. The molecule has 0 radical (unpaired) electrons. The molecule has 3 aromatic carbocycles. The number of carbonyl (C=O) groups is 1. The number of nitrogens with zero attached hydrogens (tertiary/aromatic N) is 1. The van der Waals surface area contributed by atoms with Crippen molar-refractivity contribution in [3.63, 3.8) is 0 Å². The zero-order valence-corrected chi connectivity index (χ0v) is 21.1. The highest BCUT2D eigenvalue weighted by Gasteiger charge is 2.17. The van der Waals surface area contributed by atoms with E-state index in [-0.39, 0.29) is 5.97 Å². The number of carbonyl (C=O) groups excluding carboxylic acids is 1. The van der Waals surface area contributed by atoms with Crippen molar-refractivity contribution in [3.05, 3.63) is 100 Å². The van der Waals surface area contributed by atoms with Crippen LogP contribution in [0, 0.1) is 6.92 Å². The second kappa shape index (κ2) is 10.6. The number of benzene rings is 3. The summed E-state index contributed by atoms with van der Waals surface area (Å²) in [4.78, 5) is 12.4. The van der Waals surface area contributed by atoms with Crippen molar-refractivity contribution in [2.24, 2.45) is 0 Å². The third kappa shape index (κ3) is 5.18. The molecule has 0 aliphatic heterocycles. The number of aromatic nitrogens is 1. The molecule has 4 rings (SSSR count). The lowest BCUT2D eigenvalue weighted by Gasteiger charge is -2.18. The highest BCUT2D eigenvalue weighted by atomic mass is 79.9. The maximum Gasteiger partial charge on any atom is 0.337 e. The number of rotatable bonds is 8. The highest BCUT2D eigenvalue weighted by molar-refractivity contribution is 9.10. The number of nitrogens with one attached hydrogen (secondary N) is 1. The van der Waals surface area contributed by atoms with Gasteiger partial charge in [-0.05, 0) is 67.9 Å². The van der Waals surface area contributed by atoms with Gasteiger partial charge in [0.2, 0.25) is 0 Å². The van der Waals surface area contributed by atoms with Crippen LogP contribution in [0.5, 0.6) is 5.75 Å². The van der Waals surface area contributed by atoms with Gasteiger partial charge in [0.25, 0.3) is 0 Å². The van der Waals surface area contributed by atoms with E-state index in [0.717, 1.165) is 50.7 Å². The molecule has 0 aliphatic carbocycles. The van der Waals surface area contributed by atoms with Crippen LogP contribution >= 0.6 is 15.9 Å². The molecular formula is C28H27BrN2O3. The second-order valence-corrected chi connectivity index (χ2v) is 8.82. The van der Waals surface area contributed by atoms with Crippen molar-refractivity contribution in [2.75, 3.05) is 19.0 Å².